The van der Waals surface area contributed by atoms with Gasteiger partial charge in [0.25, 0.3) is 0 Å². The van der Waals surface area contributed by atoms with Gasteiger partial charge in [-0.15, -0.1) is 0 Å². The van der Waals surface area contributed by atoms with Crippen molar-refractivity contribution in [1.82, 2.24) is 0 Å². The Morgan fingerprint density at radius 2 is 1.92 bits per heavy atom. The summed E-state index contributed by atoms with van der Waals surface area (Å²) in [5.41, 5.74) is 0.726. The zero-order valence-electron chi connectivity index (χ0n) is 6.21. The first-order valence-electron chi connectivity index (χ1n) is 3.13. The third-order valence-corrected chi connectivity index (χ3v) is 1.96. The van der Waals surface area contributed by atoms with Crippen molar-refractivity contribution in [2.45, 2.75) is 0 Å². The maximum atomic E-state index is 6.75. The number of benzene rings is 1. The van der Waals surface area contributed by atoms with Crippen LogP contribution in [0.2, 0.25) is 10.0 Å². The summed E-state index contributed by atoms with van der Waals surface area (Å²) in [5, 5.41) is 2.77. The minimum atomic E-state index is 0.302. The molecule has 0 aliphatic rings. The van der Waals surface area contributed by atoms with Crippen LogP contribution in [0.25, 0.3) is 4.85 Å². The van der Waals surface area contributed by atoms with E-state index in [2.05, 4.69) is 27.2 Å². The van der Waals surface area contributed by atoms with E-state index >= 15 is 0 Å². The van der Waals surface area contributed by atoms with E-state index < -0.39 is 0 Å². The van der Waals surface area contributed by atoms with Crippen LogP contribution in [0.1, 0.15) is 0 Å². The lowest BCUT2D eigenvalue weighted by Gasteiger charge is -1.99. The Balaban J connectivity index is 3.41. The molecule has 13 heavy (non-hydrogen) atoms. The predicted octanol–water partition coefficient (Wildman–Crippen LogP) is 4.28. The maximum absolute atomic E-state index is 6.75. The molecular formula is C8H2Cl2N2S. The maximum Gasteiger partial charge on any atom is 0.190 e. The number of rotatable bonds is 1. The third kappa shape index (κ3) is 2.27. The molecule has 1 aromatic carbocycles. The largest absolute Gasteiger partial charge is 0.238 e. The van der Waals surface area contributed by atoms with E-state index in [9.17, 15) is 0 Å². The Bertz CT molecular complexity index is 407. The highest BCUT2D eigenvalue weighted by molar-refractivity contribution is 7.78. The molecule has 1 rings (SSSR count). The average molecular weight is 229 g/mol. The highest BCUT2D eigenvalue weighted by Gasteiger charge is 2.06. The lowest BCUT2D eigenvalue weighted by atomic mass is 10.3. The normalized spacial score (nSPS) is 8.69. The van der Waals surface area contributed by atoms with Gasteiger partial charge in [-0.05, 0) is 24.4 Å². The molecule has 0 aromatic heterocycles. The van der Waals surface area contributed by atoms with Crippen molar-refractivity contribution >= 4 is 52.0 Å². The van der Waals surface area contributed by atoms with Crippen LogP contribution in [0.3, 0.4) is 0 Å². The summed E-state index contributed by atoms with van der Waals surface area (Å²) in [4.78, 5) is 6.87. The zero-order chi connectivity index (χ0) is 9.84. The first-order valence-corrected chi connectivity index (χ1v) is 4.30. The molecule has 0 unspecified atom stereocenters. The summed E-state index contributed by atoms with van der Waals surface area (Å²) in [6.45, 7) is 6.75. The van der Waals surface area contributed by atoms with E-state index in [4.69, 9.17) is 29.8 Å². The van der Waals surface area contributed by atoms with Crippen LogP contribution in [0.4, 0.5) is 11.4 Å². The minimum Gasteiger partial charge on any atom is -0.238 e. The fourth-order valence-electron chi connectivity index (χ4n) is 0.769. The molecule has 64 valence electrons. The molecule has 1 aromatic rings. The number of isothiocyanates is 1. The lowest BCUT2D eigenvalue weighted by Crippen LogP contribution is -1.71. The Hall–Kier alpha value is -0.910. The predicted molar refractivity (Wildman–Crippen MR) is 57.4 cm³/mol. The SMILES string of the molecule is [C-]#[N+]c1cc(Cl)c(N=C=S)c(Cl)c1. The Labute approximate surface area is 90.6 Å². The average Bonchev–Trinajstić information content (AvgIpc) is 2.11. The van der Waals surface area contributed by atoms with Gasteiger partial charge >= 0.3 is 0 Å². The molecule has 0 aliphatic heterocycles. The van der Waals surface area contributed by atoms with Crippen LogP contribution in [-0.2, 0) is 0 Å². The molecule has 0 atom stereocenters. The van der Waals surface area contributed by atoms with Crippen LogP contribution >= 0.6 is 35.4 Å². The quantitative estimate of drug-likeness (QED) is 0.399. The van der Waals surface area contributed by atoms with Crippen molar-refractivity contribution in [2.24, 2.45) is 4.99 Å². The van der Waals surface area contributed by atoms with Gasteiger partial charge in [0, 0.05) is 0 Å². The summed E-state index contributed by atoms with van der Waals surface area (Å²) >= 11 is 16.0. The van der Waals surface area contributed by atoms with E-state index in [-0.39, 0.29) is 0 Å². The van der Waals surface area contributed by atoms with Gasteiger partial charge in [0.05, 0.1) is 21.8 Å². The Morgan fingerprint density at radius 3 is 2.31 bits per heavy atom. The van der Waals surface area contributed by atoms with Gasteiger partial charge in [-0.25, -0.2) is 4.85 Å². The second-order valence-corrected chi connectivity index (χ2v) is 3.07. The van der Waals surface area contributed by atoms with Gasteiger partial charge in [-0.2, -0.15) is 4.99 Å². The fourth-order valence-corrected chi connectivity index (χ4v) is 1.42. The van der Waals surface area contributed by atoms with E-state index in [1.54, 1.807) is 0 Å². The molecule has 0 fully saturated rings. The van der Waals surface area contributed by atoms with Gasteiger partial charge in [0.1, 0.15) is 5.69 Å². The minimum absolute atomic E-state index is 0.302. The van der Waals surface area contributed by atoms with E-state index in [0.717, 1.165) is 0 Å². The Morgan fingerprint density at radius 1 is 1.38 bits per heavy atom. The smallest absolute Gasteiger partial charge is 0.190 e. The van der Waals surface area contributed by atoms with Crippen molar-refractivity contribution in [3.05, 3.63) is 33.6 Å². The molecule has 0 radical (unpaired) electrons. The number of halogens is 2. The molecule has 0 heterocycles. The molecule has 0 amide bonds. The molecule has 5 heteroatoms. The second-order valence-electron chi connectivity index (χ2n) is 2.07. The summed E-state index contributed by atoms with van der Waals surface area (Å²) in [7, 11) is 0. The molecule has 0 bridgehead atoms. The van der Waals surface area contributed by atoms with E-state index in [0.29, 0.717) is 21.4 Å². The molecular weight excluding hydrogens is 227 g/mol. The van der Waals surface area contributed by atoms with Crippen LogP contribution in [-0.4, -0.2) is 5.16 Å². The summed E-state index contributed by atoms with van der Waals surface area (Å²) in [6.07, 6.45) is 0. The number of aliphatic imine (C=N–C) groups is 1. The van der Waals surface area contributed by atoms with Crippen molar-refractivity contribution in [3.63, 3.8) is 0 Å². The van der Waals surface area contributed by atoms with Crippen molar-refractivity contribution < 1.29 is 0 Å². The molecule has 0 saturated heterocycles. The standard InChI is InChI=1S/C8H2Cl2N2S/c1-11-5-2-6(9)8(12-4-13)7(10)3-5/h2-3H. The Kier molecular flexibility index (Phi) is 3.41. The van der Waals surface area contributed by atoms with Crippen LogP contribution in [0.15, 0.2) is 17.1 Å². The van der Waals surface area contributed by atoms with Gasteiger partial charge in [0.2, 0.25) is 0 Å². The lowest BCUT2D eigenvalue weighted by molar-refractivity contribution is 1.55. The zero-order valence-corrected chi connectivity index (χ0v) is 8.54. The fraction of sp³-hybridized carbons (Fsp3) is 0. The van der Waals surface area contributed by atoms with Gasteiger partial charge in [-0.1, -0.05) is 23.2 Å². The highest BCUT2D eigenvalue weighted by Crippen LogP contribution is 2.36. The van der Waals surface area contributed by atoms with Crippen molar-refractivity contribution in [1.29, 1.82) is 0 Å². The molecule has 0 saturated carbocycles. The van der Waals surface area contributed by atoms with Crippen molar-refractivity contribution in [3.8, 4) is 0 Å². The van der Waals surface area contributed by atoms with E-state index in [1.807, 2.05) is 0 Å². The summed E-state index contributed by atoms with van der Waals surface area (Å²) < 4.78 is 0. The van der Waals surface area contributed by atoms with E-state index in [1.165, 1.54) is 12.1 Å². The molecule has 0 N–H and O–H groups in total. The van der Waals surface area contributed by atoms with Crippen molar-refractivity contribution in [2.75, 3.05) is 0 Å². The molecule has 0 aliphatic carbocycles. The van der Waals surface area contributed by atoms with Crippen LogP contribution in [0, 0.1) is 6.57 Å². The first-order chi connectivity index (χ1) is 6.19. The third-order valence-electron chi connectivity index (χ3n) is 1.29. The number of thiocarbonyl (C=S) groups is 1. The topological polar surface area (TPSA) is 16.7 Å². The first kappa shape index (κ1) is 10.2. The number of hydrogen-bond donors (Lipinski definition) is 0. The summed E-state index contributed by atoms with van der Waals surface area (Å²) in [5.74, 6) is 0. The van der Waals surface area contributed by atoms with Gasteiger partial charge < -0.3 is 0 Å². The van der Waals surface area contributed by atoms with Crippen LogP contribution in [0.5, 0.6) is 0 Å². The number of hydrogen-bond acceptors (Lipinski definition) is 2. The monoisotopic (exact) mass is 228 g/mol. The molecule has 0 spiro atoms. The second kappa shape index (κ2) is 4.36. The molecule has 2 nitrogen and oxygen atoms in total. The highest BCUT2D eigenvalue weighted by atomic mass is 35.5. The van der Waals surface area contributed by atoms with Crippen LogP contribution < -0.4 is 0 Å². The van der Waals surface area contributed by atoms with Gasteiger partial charge in [-0.3, -0.25) is 0 Å². The summed E-state index contributed by atoms with van der Waals surface area (Å²) in [6, 6.07) is 2.96. The van der Waals surface area contributed by atoms with Gasteiger partial charge in [0.15, 0.2) is 5.69 Å². The number of nitrogens with zero attached hydrogens (tertiary/aromatic N) is 2.